The molecule has 0 radical (unpaired) electrons. The molecule has 1 atom stereocenters. The Labute approximate surface area is 114 Å². The number of hydrogen-bond acceptors (Lipinski definition) is 3. The highest BCUT2D eigenvalue weighted by Gasteiger charge is 2.24. The van der Waals surface area contributed by atoms with Gasteiger partial charge in [0.1, 0.15) is 5.82 Å². The molecule has 1 aromatic heterocycles. The van der Waals surface area contributed by atoms with Gasteiger partial charge in [0.25, 0.3) is 0 Å². The predicted octanol–water partition coefficient (Wildman–Crippen LogP) is 2.72. The van der Waals surface area contributed by atoms with Crippen LogP contribution in [0.3, 0.4) is 0 Å². The zero-order chi connectivity index (χ0) is 13.2. The van der Waals surface area contributed by atoms with Gasteiger partial charge in [0.2, 0.25) is 0 Å². The van der Waals surface area contributed by atoms with E-state index in [1.54, 1.807) is 0 Å². The van der Waals surface area contributed by atoms with Crippen LogP contribution in [0.2, 0.25) is 0 Å². The van der Waals surface area contributed by atoms with Crippen molar-refractivity contribution in [2.24, 2.45) is 11.7 Å². The Balaban J connectivity index is 1.90. The monoisotopic (exact) mass is 255 g/mol. The second kappa shape index (κ2) is 5.17. The lowest BCUT2D eigenvalue weighted by Crippen LogP contribution is -2.22. The summed E-state index contributed by atoms with van der Waals surface area (Å²) in [4.78, 5) is 7.26. The lowest BCUT2D eigenvalue weighted by molar-refractivity contribution is 0.546. The van der Waals surface area contributed by atoms with Crippen LogP contribution in [0.15, 0.2) is 30.3 Å². The van der Waals surface area contributed by atoms with E-state index in [1.165, 1.54) is 17.4 Å². The summed E-state index contributed by atoms with van der Waals surface area (Å²) in [6.45, 7) is 5.16. The minimum absolute atomic E-state index is 0.734. The Morgan fingerprint density at radius 2 is 2.21 bits per heavy atom. The molecule has 2 aromatic rings. The van der Waals surface area contributed by atoms with Crippen LogP contribution in [0.25, 0.3) is 10.9 Å². The van der Waals surface area contributed by atoms with Gasteiger partial charge >= 0.3 is 0 Å². The number of anilines is 1. The van der Waals surface area contributed by atoms with Crippen LogP contribution in [0.1, 0.15) is 18.4 Å². The number of nitrogens with zero attached hydrogens (tertiary/aromatic N) is 2. The minimum Gasteiger partial charge on any atom is -0.356 e. The van der Waals surface area contributed by atoms with Crippen LogP contribution < -0.4 is 10.6 Å². The molecule has 2 heterocycles. The van der Waals surface area contributed by atoms with Crippen LogP contribution >= 0.6 is 0 Å². The fourth-order valence-electron chi connectivity index (χ4n) is 3.03. The maximum Gasteiger partial charge on any atom is 0.132 e. The lowest BCUT2D eigenvalue weighted by atomic mass is 10.1. The average Bonchev–Trinajstić information content (AvgIpc) is 2.87. The van der Waals surface area contributed by atoms with E-state index in [4.69, 9.17) is 10.7 Å². The number of rotatable bonds is 3. The number of pyridine rings is 1. The third-order valence-electron chi connectivity index (χ3n) is 4.05. The van der Waals surface area contributed by atoms with Crippen molar-refractivity contribution in [1.29, 1.82) is 0 Å². The fraction of sp³-hybridized carbons (Fsp3) is 0.438. The summed E-state index contributed by atoms with van der Waals surface area (Å²) in [7, 11) is 0. The van der Waals surface area contributed by atoms with Crippen molar-refractivity contribution in [3.8, 4) is 0 Å². The molecule has 1 unspecified atom stereocenters. The summed E-state index contributed by atoms with van der Waals surface area (Å²) in [6.07, 6.45) is 2.37. The van der Waals surface area contributed by atoms with Gasteiger partial charge < -0.3 is 10.6 Å². The second-order valence-corrected chi connectivity index (χ2v) is 5.50. The summed E-state index contributed by atoms with van der Waals surface area (Å²) >= 11 is 0. The van der Waals surface area contributed by atoms with E-state index in [0.717, 1.165) is 43.3 Å². The lowest BCUT2D eigenvalue weighted by Gasteiger charge is -2.20. The zero-order valence-corrected chi connectivity index (χ0v) is 11.5. The first kappa shape index (κ1) is 12.4. The molecule has 100 valence electrons. The Bertz CT molecular complexity index is 579. The topological polar surface area (TPSA) is 42.2 Å². The number of hydrogen-bond donors (Lipinski definition) is 1. The zero-order valence-electron chi connectivity index (χ0n) is 11.5. The van der Waals surface area contributed by atoms with E-state index in [9.17, 15) is 0 Å². The number of benzene rings is 1. The summed E-state index contributed by atoms with van der Waals surface area (Å²) in [6, 6.07) is 10.6. The van der Waals surface area contributed by atoms with E-state index >= 15 is 0 Å². The van der Waals surface area contributed by atoms with Gasteiger partial charge in [0.05, 0.1) is 5.52 Å². The highest BCUT2D eigenvalue weighted by molar-refractivity contribution is 5.81. The molecular formula is C16H21N3. The number of fused-ring (bicyclic) bond motifs is 1. The largest absolute Gasteiger partial charge is 0.356 e. The first-order valence-electron chi connectivity index (χ1n) is 7.09. The third-order valence-corrected chi connectivity index (χ3v) is 4.05. The Hall–Kier alpha value is -1.61. The number of aromatic nitrogens is 1. The van der Waals surface area contributed by atoms with Gasteiger partial charge in [-0.2, -0.15) is 0 Å². The molecule has 2 N–H and O–H groups in total. The molecule has 3 nitrogen and oxygen atoms in total. The van der Waals surface area contributed by atoms with Crippen LogP contribution in [-0.2, 0) is 0 Å². The average molecular weight is 255 g/mol. The van der Waals surface area contributed by atoms with E-state index in [1.807, 2.05) is 0 Å². The molecule has 3 rings (SSSR count). The fourth-order valence-corrected chi connectivity index (χ4v) is 3.03. The molecule has 0 amide bonds. The minimum atomic E-state index is 0.734. The molecule has 1 aliphatic rings. The van der Waals surface area contributed by atoms with Crippen molar-refractivity contribution in [3.05, 3.63) is 35.9 Å². The Morgan fingerprint density at radius 3 is 3.05 bits per heavy atom. The van der Waals surface area contributed by atoms with Crippen molar-refractivity contribution < 1.29 is 0 Å². The summed E-state index contributed by atoms with van der Waals surface area (Å²) in [5, 5.41) is 1.22. The van der Waals surface area contributed by atoms with Crippen LogP contribution in [0, 0.1) is 12.8 Å². The first-order valence-corrected chi connectivity index (χ1v) is 7.09. The van der Waals surface area contributed by atoms with Gasteiger partial charge in [0, 0.05) is 18.5 Å². The summed E-state index contributed by atoms with van der Waals surface area (Å²) in [5.74, 6) is 1.89. The van der Waals surface area contributed by atoms with Gasteiger partial charge in [-0.1, -0.05) is 18.2 Å². The maximum atomic E-state index is 5.66. The van der Waals surface area contributed by atoms with Crippen LogP contribution in [0.5, 0.6) is 0 Å². The second-order valence-electron chi connectivity index (χ2n) is 5.50. The Morgan fingerprint density at radius 1 is 1.37 bits per heavy atom. The maximum absolute atomic E-state index is 5.66. The normalized spacial score (nSPS) is 19.3. The van der Waals surface area contributed by atoms with Crippen molar-refractivity contribution in [2.75, 3.05) is 24.5 Å². The number of aryl methyl sites for hydroxylation is 1. The molecule has 0 spiro atoms. The molecule has 0 bridgehead atoms. The summed E-state index contributed by atoms with van der Waals surface area (Å²) < 4.78 is 0. The van der Waals surface area contributed by atoms with Gasteiger partial charge in [-0.3, -0.25) is 0 Å². The van der Waals surface area contributed by atoms with Gasteiger partial charge in [-0.15, -0.1) is 0 Å². The van der Waals surface area contributed by atoms with E-state index in [0.29, 0.717) is 0 Å². The van der Waals surface area contributed by atoms with E-state index in [-0.39, 0.29) is 0 Å². The van der Waals surface area contributed by atoms with Gasteiger partial charge in [0.15, 0.2) is 0 Å². The van der Waals surface area contributed by atoms with Crippen LogP contribution in [0.4, 0.5) is 5.82 Å². The predicted molar refractivity (Wildman–Crippen MR) is 80.5 cm³/mol. The molecule has 1 aromatic carbocycles. The quantitative estimate of drug-likeness (QED) is 0.917. The Kier molecular flexibility index (Phi) is 3.38. The number of para-hydroxylation sites is 1. The molecule has 0 saturated carbocycles. The standard InChI is InChI=1S/C16H21N3/c1-12-10-14-4-2-3-5-15(14)18-16(12)19-9-7-13(11-19)6-8-17/h2-5,10,13H,6-9,11,17H2,1H3. The van der Waals surface area contributed by atoms with E-state index in [2.05, 4.69) is 42.2 Å². The molecule has 1 fully saturated rings. The molecule has 1 saturated heterocycles. The van der Waals surface area contributed by atoms with Gasteiger partial charge in [-0.05, 0) is 49.9 Å². The smallest absolute Gasteiger partial charge is 0.132 e. The SMILES string of the molecule is Cc1cc2ccccc2nc1N1CCC(CCN)C1. The van der Waals surface area contributed by atoms with Crippen molar-refractivity contribution >= 4 is 16.7 Å². The molecular weight excluding hydrogens is 234 g/mol. The van der Waals surface area contributed by atoms with Crippen molar-refractivity contribution in [2.45, 2.75) is 19.8 Å². The first-order chi connectivity index (χ1) is 9.28. The van der Waals surface area contributed by atoms with Crippen molar-refractivity contribution in [1.82, 2.24) is 4.98 Å². The van der Waals surface area contributed by atoms with Crippen molar-refractivity contribution in [3.63, 3.8) is 0 Å². The molecule has 0 aliphatic carbocycles. The summed E-state index contributed by atoms with van der Waals surface area (Å²) in [5.41, 5.74) is 8.02. The third kappa shape index (κ3) is 2.43. The molecule has 19 heavy (non-hydrogen) atoms. The van der Waals surface area contributed by atoms with E-state index < -0.39 is 0 Å². The highest BCUT2D eigenvalue weighted by Crippen LogP contribution is 2.28. The highest BCUT2D eigenvalue weighted by atomic mass is 15.2. The van der Waals surface area contributed by atoms with Crippen LogP contribution in [-0.4, -0.2) is 24.6 Å². The molecule has 3 heteroatoms. The molecule has 1 aliphatic heterocycles. The number of nitrogens with two attached hydrogens (primary N) is 1. The van der Waals surface area contributed by atoms with Gasteiger partial charge in [-0.25, -0.2) is 4.98 Å².